The van der Waals surface area contributed by atoms with Gasteiger partial charge in [-0.1, -0.05) is 309 Å². The molecule has 636 valence electrons. The van der Waals surface area contributed by atoms with E-state index in [1.165, 1.54) is 148 Å². The first-order valence-corrected chi connectivity index (χ1v) is 46.2. The maximum absolute atomic E-state index is 5.17. The van der Waals surface area contributed by atoms with Gasteiger partial charge in [0.25, 0.3) is 0 Å². The zero-order chi connectivity index (χ0) is 89.7. The van der Waals surface area contributed by atoms with Crippen LogP contribution in [0.5, 0.6) is 0 Å². The highest BCUT2D eigenvalue weighted by molar-refractivity contribution is 6.29. The highest BCUT2D eigenvalue weighted by atomic mass is 15.0. The summed E-state index contributed by atoms with van der Waals surface area (Å²) in [5.41, 5.74) is 35.2. The van der Waals surface area contributed by atoms with E-state index in [0.29, 0.717) is 0 Å². The van der Waals surface area contributed by atoms with Crippen molar-refractivity contribution in [3.8, 4) is 101 Å². The van der Waals surface area contributed by atoms with Crippen molar-refractivity contribution in [3.63, 3.8) is 0 Å². The van der Waals surface area contributed by atoms with Gasteiger partial charge in [-0.15, -0.1) is 0 Å². The number of para-hydroxylation sites is 9. The molecule has 10 heteroatoms. The Kier molecular flexibility index (Phi) is 19.0. The van der Waals surface area contributed by atoms with Gasteiger partial charge in [-0.05, 0) is 191 Å². The molecule has 0 unspecified atom stereocenters. The number of hydrogen-bond acceptors (Lipinski definition) is 4. The molecule has 0 spiro atoms. The summed E-state index contributed by atoms with van der Waals surface area (Å²) in [6.07, 6.45) is 9.42. The number of pyridine rings is 4. The molecular formula is C126H82N10. The standard InChI is InChI=1S/C46H30N4.C42H28N2.C38H24N4/c1-3-12-31(13-4-1)33-26-34(42-19-11-18-41(48-42)32-22-24-47-25-23-32)28-36(27-33)50-44-21-10-8-17-38(44)40-29-39-37-16-7-9-20-43(37)49(45(39)30-46(40)50)35-14-5-2-6-15-35;1-4-14-29(15-5-1)31-24-26-39(36(28-31)30-16-6-2-7-17-30)44-38-23-13-11-21-35(38)41-40(44)27-25-34-33-20-10-12-22-37(33)43(42(34)41)32-18-8-3-9-19-32;1-3-11-25(12-4-1)30-23-39-24-31-34(21-22-40-37(30)31)42-33-18-10-8-16-29(33)36-35(42)20-19-28-27-15-7-9-17-32(27)41(38(28)36)26-13-5-2-6-14-26/h1-30H;1-28H;1-24H. The summed E-state index contributed by atoms with van der Waals surface area (Å²) >= 11 is 0. The van der Waals surface area contributed by atoms with Gasteiger partial charge in [0.1, 0.15) is 0 Å². The first-order valence-electron chi connectivity index (χ1n) is 46.2. The van der Waals surface area contributed by atoms with Crippen LogP contribution in [0.4, 0.5) is 0 Å². The highest BCUT2D eigenvalue weighted by Gasteiger charge is 2.27. The lowest BCUT2D eigenvalue weighted by atomic mass is 9.97. The Morgan fingerprint density at radius 1 is 0.169 bits per heavy atom. The van der Waals surface area contributed by atoms with E-state index < -0.39 is 0 Å². The molecule has 136 heavy (non-hydrogen) atoms. The first kappa shape index (κ1) is 78.6. The molecule has 28 rings (SSSR count). The van der Waals surface area contributed by atoms with Crippen LogP contribution in [0.15, 0.2) is 498 Å². The molecule has 0 atom stereocenters. The SMILES string of the molecule is c1ccc(-c2cc(-c3cccc(-c4ccncc4)n3)cc(-n3c4ccccc4c4cc5c6ccccc6n(-c6ccccc6)c5cc43)c2)cc1.c1ccc(-c2ccc(-n3c4ccccc4c4c3ccc3c5ccccc5n(-c5ccccc5)c34)c(-c3ccccc3)c2)cc1.c1ccc(-c2cncc3c(-n4c5ccccc5c5c4ccc4c6ccccc6n(-c6ccccc6)c45)ccnc23)cc1. The highest BCUT2D eigenvalue weighted by Crippen LogP contribution is 2.49. The van der Waals surface area contributed by atoms with Crippen LogP contribution in [0.3, 0.4) is 0 Å². The van der Waals surface area contributed by atoms with E-state index in [1.807, 2.05) is 49.2 Å². The normalized spacial score (nSPS) is 11.7. The molecule has 18 aromatic carbocycles. The molecule has 0 aliphatic carbocycles. The smallest absolute Gasteiger partial charge is 0.0832 e. The maximum atomic E-state index is 5.17. The lowest BCUT2D eigenvalue weighted by molar-refractivity contribution is 1.16. The van der Waals surface area contributed by atoms with Gasteiger partial charge in [0.05, 0.1) is 94.5 Å². The Balaban J connectivity index is 0.000000106. The third-order valence-electron chi connectivity index (χ3n) is 27.1. The van der Waals surface area contributed by atoms with Gasteiger partial charge in [-0.25, -0.2) is 4.98 Å². The number of benzene rings is 18. The Labute approximate surface area is 782 Å². The third kappa shape index (κ3) is 13.1. The average molecular weight is 1740 g/mol. The molecule has 0 aliphatic rings. The van der Waals surface area contributed by atoms with Crippen molar-refractivity contribution >= 4 is 142 Å². The molecule has 0 aliphatic heterocycles. The predicted octanol–water partition coefficient (Wildman–Crippen LogP) is 32.4. The fourth-order valence-electron chi connectivity index (χ4n) is 21.2. The molecule has 0 saturated carbocycles. The molecule has 0 fully saturated rings. The Bertz CT molecular complexity index is 9510. The van der Waals surface area contributed by atoms with E-state index in [0.717, 1.165) is 95.0 Å². The van der Waals surface area contributed by atoms with Crippen molar-refractivity contribution in [2.24, 2.45) is 0 Å². The van der Waals surface area contributed by atoms with Crippen molar-refractivity contribution < 1.29 is 0 Å². The summed E-state index contributed by atoms with van der Waals surface area (Å²) in [5, 5.41) is 16.0. The van der Waals surface area contributed by atoms with Crippen molar-refractivity contribution in [1.82, 2.24) is 47.3 Å². The minimum absolute atomic E-state index is 0.921. The van der Waals surface area contributed by atoms with Crippen LogP contribution in [0.1, 0.15) is 0 Å². The zero-order valence-electron chi connectivity index (χ0n) is 73.8. The summed E-state index contributed by atoms with van der Waals surface area (Å²) < 4.78 is 14.5. The molecule has 10 aromatic heterocycles. The van der Waals surface area contributed by atoms with Gasteiger partial charge in [0.2, 0.25) is 0 Å². The van der Waals surface area contributed by atoms with Gasteiger partial charge in [-0.3, -0.25) is 15.0 Å². The van der Waals surface area contributed by atoms with Crippen molar-refractivity contribution in [2.45, 2.75) is 0 Å². The molecule has 0 amide bonds. The largest absolute Gasteiger partial charge is 0.309 e. The van der Waals surface area contributed by atoms with E-state index in [4.69, 9.17) is 15.0 Å². The summed E-state index contributed by atoms with van der Waals surface area (Å²) in [6, 6.07) is 167. The molecule has 10 heterocycles. The minimum Gasteiger partial charge on any atom is -0.309 e. The molecule has 0 radical (unpaired) electrons. The van der Waals surface area contributed by atoms with Crippen LogP contribution >= 0.6 is 0 Å². The maximum Gasteiger partial charge on any atom is 0.0832 e. The lowest BCUT2D eigenvalue weighted by Gasteiger charge is -2.16. The van der Waals surface area contributed by atoms with Crippen LogP contribution in [-0.4, -0.2) is 47.3 Å². The number of rotatable bonds is 12. The van der Waals surface area contributed by atoms with Crippen LogP contribution in [-0.2, 0) is 0 Å². The Morgan fingerprint density at radius 3 is 1.07 bits per heavy atom. The van der Waals surface area contributed by atoms with Crippen molar-refractivity contribution in [2.75, 3.05) is 0 Å². The minimum atomic E-state index is 0.921. The summed E-state index contributed by atoms with van der Waals surface area (Å²) in [7, 11) is 0. The lowest BCUT2D eigenvalue weighted by Crippen LogP contribution is -1.98. The van der Waals surface area contributed by atoms with Gasteiger partial charge < -0.3 is 27.4 Å². The molecule has 0 bridgehead atoms. The molecular weight excluding hydrogens is 1650 g/mol. The quantitative estimate of drug-likeness (QED) is 0.122. The summed E-state index contributed by atoms with van der Waals surface area (Å²) in [4.78, 5) is 18.9. The number of nitrogens with zero attached hydrogens (tertiary/aromatic N) is 10. The van der Waals surface area contributed by atoms with Crippen LogP contribution in [0.2, 0.25) is 0 Å². The van der Waals surface area contributed by atoms with Crippen LogP contribution < -0.4 is 0 Å². The molecule has 28 aromatic rings. The Hall–Kier alpha value is -18.4. The number of aromatic nitrogens is 10. The fourth-order valence-corrected chi connectivity index (χ4v) is 21.2. The second-order valence-electron chi connectivity index (χ2n) is 34.7. The third-order valence-corrected chi connectivity index (χ3v) is 27.1. The van der Waals surface area contributed by atoms with Crippen molar-refractivity contribution in [1.29, 1.82) is 0 Å². The average Bonchev–Trinajstić information content (AvgIpc) is 1.59. The van der Waals surface area contributed by atoms with Gasteiger partial charge >= 0.3 is 0 Å². The van der Waals surface area contributed by atoms with Gasteiger partial charge in [0.15, 0.2) is 0 Å². The predicted molar refractivity (Wildman–Crippen MR) is 567 cm³/mol. The van der Waals surface area contributed by atoms with Gasteiger partial charge in [-0.2, -0.15) is 0 Å². The zero-order valence-corrected chi connectivity index (χ0v) is 73.8. The monoisotopic (exact) mass is 1730 g/mol. The second-order valence-corrected chi connectivity index (χ2v) is 34.7. The molecule has 0 saturated heterocycles. The van der Waals surface area contributed by atoms with Gasteiger partial charge in [0, 0.05) is 146 Å². The van der Waals surface area contributed by atoms with E-state index >= 15 is 0 Å². The van der Waals surface area contributed by atoms with Crippen molar-refractivity contribution in [3.05, 3.63) is 498 Å². The van der Waals surface area contributed by atoms with E-state index in [9.17, 15) is 0 Å². The fraction of sp³-hybridized carbons (Fsp3) is 0. The van der Waals surface area contributed by atoms with E-state index in [-0.39, 0.29) is 0 Å². The first-order chi connectivity index (χ1) is 67.5. The van der Waals surface area contributed by atoms with E-state index in [1.54, 1.807) is 0 Å². The molecule has 0 N–H and O–H groups in total. The Morgan fingerprint density at radius 2 is 0.566 bits per heavy atom. The number of fused-ring (bicyclic) bond motifs is 21. The summed E-state index contributed by atoms with van der Waals surface area (Å²) in [6.45, 7) is 0. The van der Waals surface area contributed by atoms with Crippen LogP contribution in [0, 0.1) is 0 Å². The topological polar surface area (TPSA) is 81.1 Å². The number of hydrogen-bond donors (Lipinski definition) is 0. The van der Waals surface area contributed by atoms with E-state index in [2.05, 4.69) is 481 Å². The summed E-state index contributed by atoms with van der Waals surface area (Å²) in [5.74, 6) is 0. The second kappa shape index (κ2) is 32.9. The van der Waals surface area contributed by atoms with Crippen LogP contribution in [0.25, 0.3) is 243 Å². The molecule has 10 nitrogen and oxygen atoms in total.